The van der Waals surface area contributed by atoms with Crippen LogP contribution in [0.25, 0.3) is 17.0 Å². The number of hydrogen-bond acceptors (Lipinski definition) is 4. The maximum atomic E-state index is 11.9. The summed E-state index contributed by atoms with van der Waals surface area (Å²) >= 11 is 1.59. The van der Waals surface area contributed by atoms with Crippen molar-refractivity contribution < 1.29 is 0 Å². The van der Waals surface area contributed by atoms with Crippen molar-refractivity contribution in [3.05, 3.63) is 82.6 Å². The van der Waals surface area contributed by atoms with Gasteiger partial charge in [-0.1, -0.05) is 72.4 Å². The highest BCUT2D eigenvalue weighted by atomic mass is 32.2. The van der Waals surface area contributed by atoms with Crippen molar-refractivity contribution in [1.29, 1.82) is 0 Å². The highest BCUT2D eigenvalue weighted by Crippen LogP contribution is 2.25. The molecule has 0 aliphatic heterocycles. The zero-order valence-electron chi connectivity index (χ0n) is 12.7. The second-order valence-electron chi connectivity index (χ2n) is 5.30. The summed E-state index contributed by atoms with van der Waals surface area (Å²) in [6, 6.07) is 21.6. The van der Waals surface area contributed by atoms with Gasteiger partial charge in [-0.3, -0.25) is 14.2 Å². The fourth-order valence-electron chi connectivity index (χ4n) is 2.54. The molecule has 2 aromatic carbocycles. The number of rotatable bonds is 4. The molecule has 0 saturated heterocycles. The topological polar surface area (TPSA) is 63.1 Å². The van der Waals surface area contributed by atoms with Crippen molar-refractivity contribution in [3.8, 4) is 11.3 Å². The highest BCUT2D eigenvalue weighted by molar-refractivity contribution is 7.98. The molecular weight excluding hydrogens is 320 g/mol. The van der Waals surface area contributed by atoms with E-state index >= 15 is 0 Å². The molecule has 24 heavy (non-hydrogen) atoms. The molecule has 0 unspecified atom stereocenters. The van der Waals surface area contributed by atoms with Crippen LogP contribution in [0.15, 0.2) is 76.7 Å². The largest absolute Gasteiger partial charge is 0.291 e. The number of fused-ring (bicyclic) bond motifs is 1. The minimum atomic E-state index is -0.187. The Labute approximate surface area is 142 Å². The summed E-state index contributed by atoms with van der Waals surface area (Å²) in [5, 5.41) is 9.11. The summed E-state index contributed by atoms with van der Waals surface area (Å²) in [5.74, 6) is 1.24. The van der Waals surface area contributed by atoms with Gasteiger partial charge in [-0.15, -0.1) is 10.2 Å². The van der Waals surface area contributed by atoms with E-state index in [2.05, 4.69) is 27.3 Å². The zero-order chi connectivity index (χ0) is 16.4. The van der Waals surface area contributed by atoms with Crippen LogP contribution < -0.4 is 5.56 Å². The van der Waals surface area contributed by atoms with Crippen LogP contribution in [0.3, 0.4) is 0 Å². The van der Waals surface area contributed by atoms with Crippen molar-refractivity contribution in [2.75, 3.05) is 0 Å². The first kappa shape index (κ1) is 14.7. The summed E-state index contributed by atoms with van der Waals surface area (Å²) in [6.45, 7) is 0. The van der Waals surface area contributed by atoms with Crippen molar-refractivity contribution in [1.82, 2.24) is 19.6 Å². The third kappa shape index (κ3) is 2.83. The maximum Gasteiger partial charge on any atom is 0.252 e. The molecule has 0 fully saturated rings. The molecule has 5 nitrogen and oxygen atoms in total. The number of aromatic amines is 1. The first-order valence-corrected chi connectivity index (χ1v) is 8.50. The Kier molecular flexibility index (Phi) is 3.88. The molecule has 2 heterocycles. The number of nitrogens with zero attached hydrogens (tertiary/aromatic N) is 3. The Morgan fingerprint density at radius 1 is 0.958 bits per heavy atom. The molecule has 4 aromatic rings. The van der Waals surface area contributed by atoms with Crippen LogP contribution >= 0.6 is 11.8 Å². The van der Waals surface area contributed by atoms with E-state index < -0.39 is 0 Å². The Bertz CT molecular complexity index is 1030. The van der Waals surface area contributed by atoms with Crippen LogP contribution in [-0.4, -0.2) is 19.6 Å². The van der Waals surface area contributed by atoms with E-state index in [9.17, 15) is 4.79 Å². The number of thioether (sulfide) groups is 1. The first-order chi connectivity index (χ1) is 11.8. The molecule has 1 N–H and O–H groups in total. The Morgan fingerprint density at radius 3 is 2.42 bits per heavy atom. The second-order valence-corrected chi connectivity index (χ2v) is 6.24. The average molecular weight is 334 g/mol. The molecule has 0 amide bonds. The lowest BCUT2D eigenvalue weighted by Crippen LogP contribution is -2.09. The van der Waals surface area contributed by atoms with Gasteiger partial charge in [0.2, 0.25) is 5.78 Å². The van der Waals surface area contributed by atoms with Gasteiger partial charge in [0, 0.05) is 11.8 Å². The van der Waals surface area contributed by atoms with Crippen molar-refractivity contribution in [2.24, 2.45) is 0 Å². The molecule has 0 saturated carbocycles. The molecule has 4 rings (SSSR count). The monoisotopic (exact) mass is 334 g/mol. The van der Waals surface area contributed by atoms with Crippen LogP contribution in [0.1, 0.15) is 5.56 Å². The third-order valence-electron chi connectivity index (χ3n) is 3.66. The quantitative estimate of drug-likeness (QED) is 0.581. The number of nitrogens with one attached hydrogen (secondary N) is 1. The predicted molar refractivity (Wildman–Crippen MR) is 95.0 cm³/mol. The standard InChI is InChI=1S/C18H14N4OS/c23-16-11-15(14-9-5-2-6-10-14)22-17(19-16)20-21-18(22)24-12-13-7-3-1-4-8-13/h1-11H,12H2,(H,19,20,23). The van der Waals surface area contributed by atoms with Crippen molar-refractivity contribution in [3.63, 3.8) is 0 Å². The van der Waals surface area contributed by atoms with Crippen molar-refractivity contribution >= 4 is 17.5 Å². The summed E-state index contributed by atoms with van der Waals surface area (Å²) in [6.07, 6.45) is 0. The summed E-state index contributed by atoms with van der Waals surface area (Å²) < 4.78 is 1.89. The van der Waals surface area contributed by atoms with Gasteiger partial charge >= 0.3 is 0 Å². The molecule has 2 aromatic heterocycles. The summed E-state index contributed by atoms with van der Waals surface area (Å²) in [5.41, 5.74) is 2.77. The lowest BCUT2D eigenvalue weighted by atomic mass is 10.1. The summed E-state index contributed by atoms with van der Waals surface area (Å²) in [4.78, 5) is 14.7. The van der Waals surface area contributed by atoms with E-state index in [0.717, 1.165) is 22.2 Å². The van der Waals surface area contributed by atoms with E-state index in [-0.39, 0.29) is 5.56 Å². The zero-order valence-corrected chi connectivity index (χ0v) is 13.5. The molecule has 0 spiro atoms. The maximum absolute atomic E-state index is 11.9. The van der Waals surface area contributed by atoms with Gasteiger partial charge in [0.15, 0.2) is 5.16 Å². The third-order valence-corrected chi connectivity index (χ3v) is 4.66. The Hall–Kier alpha value is -2.86. The number of benzene rings is 2. The molecule has 118 valence electrons. The molecule has 0 radical (unpaired) electrons. The van der Waals surface area contributed by atoms with E-state index in [1.807, 2.05) is 52.9 Å². The van der Waals surface area contributed by atoms with E-state index in [4.69, 9.17) is 0 Å². The van der Waals surface area contributed by atoms with Gasteiger partial charge in [0.1, 0.15) is 0 Å². The molecule has 0 aliphatic rings. The van der Waals surface area contributed by atoms with E-state index in [1.165, 1.54) is 5.56 Å². The molecule has 0 atom stereocenters. The predicted octanol–water partition coefficient (Wildman–Crippen LogP) is 3.38. The highest BCUT2D eigenvalue weighted by Gasteiger charge is 2.13. The van der Waals surface area contributed by atoms with Gasteiger partial charge in [-0.25, -0.2) is 0 Å². The Morgan fingerprint density at radius 2 is 1.67 bits per heavy atom. The lowest BCUT2D eigenvalue weighted by Gasteiger charge is -2.07. The van der Waals surface area contributed by atoms with Gasteiger partial charge in [-0.05, 0) is 11.1 Å². The Balaban J connectivity index is 1.78. The smallest absolute Gasteiger partial charge is 0.252 e. The lowest BCUT2D eigenvalue weighted by molar-refractivity contribution is 0.921. The molecular formula is C18H14N4OS. The average Bonchev–Trinajstić information content (AvgIpc) is 3.03. The number of aromatic nitrogens is 4. The van der Waals surface area contributed by atoms with Gasteiger partial charge < -0.3 is 0 Å². The van der Waals surface area contributed by atoms with Crippen LogP contribution in [0, 0.1) is 0 Å². The fourth-order valence-corrected chi connectivity index (χ4v) is 3.44. The SMILES string of the molecule is O=c1cc(-c2ccccc2)n2c(SCc3ccccc3)nnc2[nH]1. The van der Waals surface area contributed by atoms with E-state index in [1.54, 1.807) is 17.8 Å². The van der Waals surface area contributed by atoms with Gasteiger partial charge in [-0.2, -0.15) is 0 Å². The minimum Gasteiger partial charge on any atom is -0.291 e. The molecule has 0 aliphatic carbocycles. The number of hydrogen-bond donors (Lipinski definition) is 1. The van der Waals surface area contributed by atoms with Crippen LogP contribution in [0.4, 0.5) is 0 Å². The molecule has 0 bridgehead atoms. The molecule has 6 heteroatoms. The second kappa shape index (κ2) is 6.33. The first-order valence-electron chi connectivity index (χ1n) is 7.52. The van der Waals surface area contributed by atoms with E-state index in [0.29, 0.717) is 5.78 Å². The van der Waals surface area contributed by atoms with Crippen LogP contribution in [0.2, 0.25) is 0 Å². The van der Waals surface area contributed by atoms with Gasteiger partial charge in [0.25, 0.3) is 5.56 Å². The number of H-pyrrole nitrogens is 1. The van der Waals surface area contributed by atoms with Crippen LogP contribution in [-0.2, 0) is 5.75 Å². The van der Waals surface area contributed by atoms with Crippen molar-refractivity contribution in [2.45, 2.75) is 10.9 Å². The van der Waals surface area contributed by atoms with Gasteiger partial charge in [0.05, 0.1) is 5.69 Å². The normalized spacial score (nSPS) is 11.0. The summed E-state index contributed by atoms with van der Waals surface area (Å²) in [7, 11) is 0. The fraction of sp³-hybridized carbons (Fsp3) is 0.0556. The van der Waals surface area contributed by atoms with Crippen LogP contribution in [0.5, 0.6) is 0 Å². The minimum absolute atomic E-state index is 0.187.